The Balaban J connectivity index is 1.81. The van der Waals surface area contributed by atoms with Gasteiger partial charge >= 0.3 is 5.97 Å². The number of carbonyl (C=O) groups is 2. The predicted molar refractivity (Wildman–Crippen MR) is 123 cm³/mol. The lowest BCUT2D eigenvalue weighted by atomic mass is 9.98. The zero-order valence-electron chi connectivity index (χ0n) is 17.2. The first-order valence-corrected chi connectivity index (χ1v) is 11.3. The molecule has 4 aromatic rings. The van der Waals surface area contributed by atoms with Gasteiger partial charge in [0.15, 0.2) is 10.6 Å². The van der Waals surface area contributed by atoms with Crippen molar-refractivity contribution in [3.8, 4) is 0 Å². The molecule has 0 spiro atoms. The third kappa shape index (κ3) is 3.28. The number of carbonyl (C=O) groups excluding carboxylic acids is 2. The van der Waals surface area contributed by atoms with E-state index in [2.05, 4.69) is 20.9 Å². The average Bonchev–Trinajstić information content (AvgIpc) is 3.31. The van der Waals surface area contributed by atoms with Crippen LogP contribution in [0.3, 0.4) is 0 Å². The number of nitrogens with zero attached hydrogens (tertiary/aromatic N) is 2. The number of anilines is 1. The van der Waals surface area contributed by atoms with Crippen LogP contribution in [0.15, 0.2) is 56.1 Å². The minimum Gasteiger partial charge on any atom is -0.465 e. The van der Waals surface area contributed by atoms with Gasteiger partial charge in [-0.2, -0.15) is 0 Å². The maximum Gasteiger partial charge on any atom is 0.350 e. The number of rotatable bonds is 3. The summed E-state index contributed by atoms with van der Waals surface area (Å²) < 4.78 is 26.3. The molecule has 1 unspecified atom stereocenters. The molecule has 2 aromatic carbocycles. The van der Waals surface area contributed by atoms with E-state index in [4.69, 9.17) is 9.15 Å². The minimum atomic E-state index is -1.12. The van der Waals surface area contributed by atoms with Gasteiger partial charge in [-0.3, -0.25) is 14.5 Å². The van der Waals surface area contributed by atoms with Crippen molar-refractivity contribution in [3.05, 3.63) is 90.4 Å². The summed E-state index contributed by atoms with van der Waals surface area (Å²) in [6, 6.07) is 9.63. The topological polar surface area (TPSA) is 89.7 Å². The Bertz CT molecular complexity index is 1530. The van der Waals surface area contributed by atoms with Crippen molar-refractivity contribution >= 4 is 55.2 Å². The predicted octanol–water partition coefficient (Wildman–Crippen LogP) is 5.00. The first-order valence-electron chi connectivity index (χ1n) is 9.71. The van der Waals surface area contributed by atoms with E-state index >= 15 is 0 Å². The number of fused-ring (bicyclic) bond motifs is 2. The maximum atomic E-state index is 15.0. The largest absolute Gasteiger partial charge is 0.465 e. The number of aromatic nitrogens is 1. The second kappa shape index (κ2) is 7.89. The van der Waals surface area contributed by atoms with Crippen molar-refractivity contribution in [2.24, 2.45) is 0 Å². The molecule has 1 atom stereocenters. The summed E-state index contributed by atoms with van der Waals surface area (Å²) in [6.45, 7) is 1.60. The Morgan fingerprint density at radius 2 is 2.00 bits per heavy atom. The SMILES string of the molecule is COC(=O)c1sc(N2C(=O)c3oc4ccc(Br)cc4c(=O)c3C2c2ccccc2F)nc1C. The quantitative estimate of drug-likeness (QED) is 0.348. The molecule has 0 fully saturated rings. The normalized spacial score (nSPS) is 15.2. The van der Waals surface area contributed by atoms with Crippen LogP contribution in [-0.2, 0) is 4.74 Å². The molecule has 0 radical (unpaired) electrons. The highest BCUT2D eigenvalue weighted by Crippen LogP contribution is 2.43. The van der Waals surface area contributed by atoms with Crippen molar-refractivity contribution in [2.45, 2.75) is 13.0 Å². The van der Waals surface area contributed by atoms with E-state index in [-0.39, 0.29) is 37.9 Å². The van der Waals surface area contributed by atoms with Crippen LogP contribution in [0.2, 0.25) is 0 Å². The van der Waals surface area contributed by atoms with Crippen LogP contribution in [-0.4, -0.2) is 24.0 Å². The van der Waals surface area contributed by atoms with Gasteiger partial charge in [0.1, 0.15) is 22.3 Å². The van der Waals surface area contributed by atoms with E-state index in [1.807, 2.05) is 0 Å². The number of hydrogen-bond donors (Lipinski definition) is 0. The molecular weight excluding hydrogens is 515 g/mol. The fraction of sp³-hybridized carbons (Fsp3) is 0.130. The molecule has 10 heteroatoms. The fourth-order valence-corrected chi connectivity index (χ4v) is 5.27. The van der Waals surface area contributed by atoms with Crippen LogP contribution in [0.4, 0.5) is 9.52 Å². The van der Waals surface area contributed by atoms with Gasteiger partial charge in [-0.25, -0.2) is 14.2 Å². The second-order valence-electron chi connectivity index (χ2n) is 7.32. The Morgan fingerprint density at radius 3 is 2.73 bits per heavy atom. The number of hydrogen-bond acceptors (Lipinski definition) is 7. The van der Waals surface area contributed by atoms with Crippen molar-refractivity contribution < 1.29 is 23.1 Å². The highest BCUT2D eigenvalue weighted by atomic mass is 79.9. The summed E-state index contributed by atoms with van der Waals surface area (Å²) in [5.74, 6) is -2.03. The van der Waals surface area contributed by atoms with Crippen LogP contribution in [0.1, 0.15) is 43.1 Å². The minimum absolute atomic E-state index is 0.0168. The number of methoxy groups -OCH3 is 1. The van der Waals surface area contributed by atoms with Crippen molar-refractivity contribution in [1.82, 2.24) is 4.98 Å². The third-order valence-electron chi connectivity index (χ3n) is 5.39. The molecule has 166 valence electrons. The molecule has 33 heavy (non-hydrogen) atoms. The van der Waals surface area contributed by atoms with Crippen LogP contribution in [0.25, 0.3) is 11.0 Å². The van der Waals surface area contributed by atoms with Crippen molar-refractivity contribution in [2.75, 3.05) is 12.0 Å². The van der Waals surface area contributed by atoms with E-state index in [1.54, 1.807) is 31.2 Å². The number of benzene rings is 2. The number of esters is 1. The molecule has 0 N–H and O–H groups in total. The number of ether oxygens (including phenoxy) is 1. The van der Waals surface area contributed by atoms with Crippen LogP contribution in [0, 0.1) is 12.7 Å². The number of thiazole rings is 1. The van der Waals surface area contributed by atoms with Gasteiger partial charge < -0.3 is 9.15 Å². The van der Waals surface area contributed by atoms with Gasteiger partial charge in [-0.15, -0.1) is 0 Å². The first-order chi connectivity index (χ1) is 15.8. The molecule has 1 aliphatic heterocycles. The van der Waals surface area contributed by atoms with Crippen LogP contribution in [0.5, 0.6) is 0 Å². The summed E-state index contributed by atoms with van der Waals surface area (Å²) in [7, 11) is 1.24. The Kier molecular flexibility index (Phi) is 5.13. The zero-order chi connectivity index (χ0) is 23.4. The van der Waals surface area contributed by atoms with E-state index in [9.17, 15) is 18.8 Å². The third-order valence-corrected chi connectivity index (χ3v) is 7.02. The van der Waals surface area contributed by atoms with Gasteiger partial charge in [0.25, 0.3) is 5.91 Å². The molecular formula is C23H14BrFN2O5S. The molecule has 1 amide bonds. The summed E-state index contributed by atoms with van der Waals surface area (Å²) in [6.07, 6.45) is 0. The van der Waals surface area contributed by atoms with Crippen LogP contribution < -0.4 is 10.3 Å². The lowest BCUT2D eigenvalue weighted by molar-refractivity contribution is 0.0605. The molecule has 3 heterocycles. The summed E-state index contributed by atoms with van der Waals surface area (Å²) in [5.41, 5.74) is 0.265. The Hall–Kier alpha value is -3.37. The molecule has 5 rings (SSSR count). The standard InChI is InChI=1S/C23H14BrFN2O5S/c1-10-20(22(30)31-2)33-23(26-10)27-17(12-5-3-4-6-14(12)25)16-18(28)13-9-11(24)7-8-15(13)32-19(16)21(27)29/h3-9,17H,1-2H3. The van der Waals surface area contributed by atoms with Gasteiger partial charge in [0, 0.05) is 10.0 Å². The molecule has 7 nitrogen and oxygen atoms in total. The fourth-order valence-electron chi connectivity index (χ4n) is 3.90. The average molecular weight is 529 g/mol. The Labute approximate surface area is 198 Å². The molecule has 0 saturated heterocycles. The summed E-state index contributed by atoms with van der Waals surface area (Å²) in [4.78, 5) is 45.0. The number of aryl methyl sites for hydroxylation is 1. The van der Waals surface area contributed by atoms with Crippen LogP contribution >= 0.6 is 27.3 Å². The van der Waals surface area contributed by atoms with E-state index in [0.717, 1.165) is 11.3 Å². The smallest absolute Gasteiger partial charge is 0.350 e. The molecule has 0 aliphatic carbocycles. The van der Waals surface area contributed by atoms with Gasteiger partial charge in [0.05, 0.1) is 23.8 Å². The van der Waals surface area contributed by atoms with E-state index in [1.165, 1.54) is 30.2 Å². The van der Waals surface area contributed by atoms with E-state index in [0.29, 0.717) is 10.2 Å². The highest BCUT2D eigenvalue weighted by Gasteiger charge is 2.46. The highest BCUT2D eigenvalue weighted by molar-refractivity contribution is 9.10. The number of amides is 1. The monoisotopic (exact) mass is 528 g/mol. The van der Waals surface area contributed by atoms with Gasteiger partial charge in [-0.1, -0.05) is 45.5 Å². The van der Waals surface area contributed by atoms with E-state index < -0.39 is 29.2 Å². The molecule has 1 aliphatic rings. The molecule has 2 aromatic heterocycles. The lowest BCUT2D eigenvalue weighted by Crippen LogP contribution is -2.30. The first kappa shape index (κ1) is 21.5. The van der Waals surface area contributed by atoms with Gasteiger partial charge in [-0.05, 0) is 31.2 Å². The maximum absolute atomic E-state index is 15.0. The molecule has 0 saturated carbocycles. The summed E-state index contributed by atoms with van der Waals surface area (Å²) >= 11 is 4.27. The van der Waals surface area contributed by atoms with Crippen molar-refractivity contribution in [3.63, 3.8) is 0 Å². The van der Waals surface area contributed by atoms with Crippen molar-refractivity contribution in [1.29, 1.82) is 0 Å². The summed E-state index contributed by atoms with van der Waals surface area (Å²) in [5, 5.41) is 0.381. The van der Waals surface area contributed by atoms with Gasteiger partial charge in [0.2, 0.25) is 5.76 Å². The second-order valence-corrected chi connectivity index (χ2v) is 9.21. The molecule has 0 bridgehead atoms. The number of halogens is 2. The lowest BCUT2D eigenvalue weighted by Gasteiger charge is -2.22. The zero-order valence-corrected chi connectivity index (χ0v) is 19.6. The Morgan fingerprint density at radius 1 is 1.24 bits per heavy atom.